The second-order valence-electron chi connectivity index (χ2n) is 3.76. The van der Waals surface area contributed by atoms with Gasteiger partial charge in [0.1, 0.15) is 10.9 Å². The largest absolute Gasteiger partial charge is 0.349 e. The third-order valence-corrected chi connectivity index (χ3v) is 2.80. The van der Waals surface area contributed by atoms with Crippen LogP contribution < -0.4 is 5.32 Å². The van der Waals surface area contributed by atoms with Crippen LogP contribution in [-0.2, 0) is 6.54 Å². The van der Waals surface area contributed by atoms with E-state index in [4.69, 9.17) is 11.6 Å². The molecule has 1 saturated heterocycles. The molecule has 0 aliphatic carbocycles. The maximum Gasteiger partial charge on any atom is 0.271 e. The van der Waals surface area contributed by atoms with Crippen LogP contribution in [0.4, 0.5) is 4.39 Å². The number of hydrazone groups is 1. The third kappa shape index (κ3) is 2.86. The molecule has 0 spiro atoms. The first kappa shape index (κ1) is 12.6. The molecule has 96 valence electrons. The molecule has 8 heteroatoms. The van der Waals surface area contributed by atoms with Crippen molar-refractivity contribution in [1.82, 2.24) is 10.2 Å². The predicted molar refractivity (Wildman–Crippen MR) is 64.3 cm³/mol. The average Bonchev–Trinajstić information content (AvgIpc) is 2.70. The number of nitro groups is 1. The van der Waals surface area contributed by atoms with E-state index in [9.17, 15) is 14.5 Å². The Bertz CT molecular complexity index is 509. The van der Waals surface area contributed by atoms with E-state index in [0.717, 1.165) is 0 Å². The van der Waals surface area contributed by atoms with Crippen LogP contribution in [0, 0.1) is 15.9 Å². The zero-order chi connectivity index (χ0) is 13.1. The van der Waals surface area contributed by atoms with E-state index < -0.39 is 10.8 Å². The quantitative estimate of drug-likeness (QED) is 0.667. The van der Waals surface area contributed by atoms with Crippen molar-refractivity contribution < 1.29 is 9.42 Å². The molecule has 2 rings (SSSR count). The van der Waals surface area contributed by atoms with E-state index in [-0.39, 0.29) is 11.0 Å². The molecule has 0 unspecified atom stereocenters. The summed E-state index contributed by atoms with van der Waals surface area (Å²) in [5.41, 5.74) is 0.677. The second kappa shape index (κ2) is 5.18. The van der Waals surface area contributed by atoms with Gasteiger partial charge in [0.25, 0.3) is 5.96 Å². The maximum absolute atomic E-state index is 13.3. The summed E-state index contributed by atoms with van der Waals surface area (Å²) in [4.78, 5) is 12.0. The number of halogens is 2. The summed E-state index contributed by atoms with van der Waals surface area (Å²) >= 11 is 5.58. The fourth-order valence-corrected chi connectivity index (χ4v) is 1.83. The Morgan fingerprint density at radius 2 is 2.39 bits per heavy atom. The Labute approximate surface area is 107 Å². The van der Waals surface area contributed by atoms with Crippen LogP contribution >= 0.6 is 11.6 Å². The van der Waals surface area contributed by atoms with Crippen molar-refractivity contribution in [3.8, 4) is 0 Å². The predicted octanol–water partition coefficient (Wildman–Crippen LogP) is 1.43. The Balaban J connectivity index is 2.13. The molecule has 1 heterocycles. The van der Waals surface area contributed by atoms with Gasteiger partial charge in [-0.2, -0.15) is 0 Å². The standard InChI is InChI=1S/C10H10ClFN4O2/c11-8-2-1-7(5-9(8)12)6-15-4-3-13-10(15)14-16(17)18/h1-2,5H,3-4,6H2,(H,13,14). The molecule has 6 nitrogen and oxygen atoms in total. The summed E-state index contributed by atoms with van der Waals surface area (Å²) in [5, 5.41) is 15.6. The highest BCUT2D eigenvalue weighted by molar-refractivity contribution is 6.30. The van der Waals surface area contributed by atoms with Gasteiger partial charge in [0.15, 0.2) is 5.03 Å². The number of guanidine groups is 1. The fraction of sp³-hybridized carbons (Fsp3) is 0.300. The van der Waals surface area contributed by atoms with Crippen LogP contribution in [0.15, 0.2) is 23.3 Å². The number of rotatable bonds is 3. The highest BCUT2D eigenvalue weighted by atomic mass is 35.5. The first-order valence-corrected chi connectivity index (χ1v) is 5.60. The zero-order valence-electron chi connectivity index (χ0n) is 9.27. The lowest BCUT2D eigenvalue weighted by Crippen LogP contribution is -2.30. The SMILES string of the molecule is O=[N+]([O-])/N=C1\NCCN1Cc1ccc(Cl)c(F)c1. The summed E-state index contributed by atoms with van der Waals surface area (Å²) in [7, 11) is 0. The van der Waals surface area contributed by atoms with Gasteiger partial charge >= 0.3 is 0 Å². The first-order valence-electron chi connectivity index (χ1n) is 5.22. The monoisotopic (exact) mass is 272 g/mol. The summed E-state index contributed by atoms with van der Waals surface area (Å²) < 4.78 is 13.3. The Kier molecular flexibility index (Phi) is 3.61. The molecule has 1 aromatic carbocycles. The van der Waals surface area contributed by atoms with Gasteiger partial charge in [-0.3, -0.25) is 0 Å². The van der Waals surface area contributed by atoms with Crippen LogP contribution in [0.3, 0.4) is 0 Å². The number of nitrogens with one attached hydrogen (secondary N) is 1. The first-order chi connectivity index (χ1) is 8.56. The molecule has 1 aliphatic rings. The van der Waals surface area contributed by atoms with Gasteiger partial charge in [0.05, 0.1) is 5.02 Å². The van der Waals surface area contributed by atoms with Crippen LogP contribution in [0.1, 0.15) is 5.56 Å². The molecular formula is C10H10ClFN4O2. The van der Waals surface area contributed by atoms with Crippen LogP contribution in [0.2, 0.25) is 5.02 Å². The van der Waals surface area contributed by atoms with Gasteiger partial charge in [0, 0.05) is 19.6 Å². The van der Waals surface area contributed by atoms with Gasteiger partial charge in [-0.1, -0.05) is 17.7 Å². The fourth-order valence-electron chi connectivity index (χ4n) is 1.71. The van der Waals surface area contributed by atoms with Gasteiger partial charge in [-0.25, -0.2) is 14.5 Å². The van der Waals surface area contributed by atoms with Crippen molar-refractivity contribution in [3.63, 3.8) is 0 Å². The zero-order valence-corrected chi connectivity index (χ0v) is 10.0. The molecule has 18 heavy (non-hydrogen) atoms. The van der Waals surface area contributed by atoms with E-state index in [1.165, 1.54) is 12.1 Å². The molecular weight excluding hydrogens is 263 g/mol. The van der Waals surface area contributed by atoms with E-state index >= 15 is 0 Å². The lowest BCUT2D eigenvalue weighted by atomic mass is 10.2. The van der Waals surface area contributed by atoms with Crippen LogP contribution in [0.5, 0.6) is 0 Å². The molecule has 1 N–H and O–H groups in total. The lowest BCUT2D eigenvalue weighted by Gasteiger charge is -2.15. The number of hydrogen-bond donors (Lipinski definition) is 1. The summed E-state index contributed by atoms with van der Waals surface area (Å²) in [6, 6.07) is 4.44. The lowest BCUT2D eigenvalue weighted by molar-refractivity contribution is -0.485. The van der Waals surface area contributed by atoms with Gasteiger partial charge < -0.3 is 10.2 Å². The van der Waals surface area contributed by atoms with E-state index in [1.54, 1.807) is 11.0 Å². The number of hydrogen-bond acceptors (Lipinski definition) is 2. The van der Waals surface area contributed by atoms with Crippen molar-refractivity contribution >= 4 is 17.6 Å². The van der Waals surface area contributed by atoms with E-state index in [1.807, 2.05) is 0 Å². The molecule has 0 amide bonds. The van der Waals surface area contributed by atoms with Crippen molar-refractivity contribution in [2.24, 2.45) is 5.10 Å². The Morgan fingerprint density at radius 3 is 3.06 bits per heavy atom. The van der Waals surface area contributed by atoms with Crippen molar-refractivity contribution in [2.45, 2.75) is 6.54 Å². The molecule has 0 aromatic heterocycles. The van der Waals surface area contributed by atoms with Gasteiger partial charge in [-0.15, -0.1) is 0 Å². The van der Waals surface area contributed by atoms with Crippen molar-refractivity contribution in [1.29, 1.82) is 0 Å². The summed E-state index contributed by atoms with van der Waals surface area (Å²) in [6.07, 6.45) is 0. The molecule has 0 radical (unpaired) electrons. The Hall–Kier alpha value is -1.89. The minimum absolute atomic E-state index is 0.0532. The normalized spacial score (nSPS) is 17.0. The van der Waals surface area contributed by atoms with Crippen molar-refractivity contribution in [2.75, 3.05) is 13.1 Å². The van der Waals surface area contributed by atoms with Gasteiger partial charge in [0.2, 0.25) is 0 Å². The molecule has 1 aromatic rings. The molecule has 0 saturated carbocycles. The van der Waals surface area contributed by atoms with Gasteiger partial charge in [-0.05, 0) is 17.7 Å². The molecule has 1 fully saturated rings. The summed E-state index contributed by atoms with van der Waals surface area (Å²) in [5.74, 6) is -0.315. The smallest absolute Gasteiger partial charge is 0.271 e. The van der Waals surface area contributed by atoms with Crippen LogP contribution in [0.25, 0.3) is 0 Å². The minimum Gasteiger partial charge on any atom is -0.349 e. The van der Waals surface area contributed by atoms with E-state index in [0.29, 0.717) is 25.2 Å². The average molecular weight is 273 g/mol. The van der Waals surface area contributed by atoms with Crippen LogP contribution in [-0.4, -0.2) is 29.0 Å². The molecule has 1 aliphatic heterocycles. The molecule has 0 atom stereocenters. The topological polar surface area (TPSA) is 70.8 Å². The highest BCUT2D eigenvalue weighted by Crippen LogP contribution is 2.17. The van der Waals surface area contributed by atoms with E-state index in [2.05, 4.69) is 10.4 Å². The second-order valence-corrected chi connectivity index (χ2v) is 4.17. The summed E-state index contributed by atoms with van der Waals surface area (Å²) in [6.45, 7) is 1.49. The number of nitrogens with zero attached hydrogens (tertiary/aromatic N) is 3. The Morgan fingerprint density at radius 1 is 1.61 bits per heavy atom. The minimum atomic E-state index is -0.761. The third-order valence-electron chi connectivity index (χ3n) is 2.50. The maximum atomic E-state index is 13.3. The number of benzene rings is 1. The molecule has 0 bridgehead atoms. The van der Waals surface area contributed by atoms with Crippen molar-refractivity contribution in [3.05, 3.63) is 44.7 Å². The highest BCUT2D eigenvalue weighted by Gasteiger charge is 2.21.